The second kappa shape index (κ2) is 12.6. The minimum absolute atomic E-state index is 0.289. The van der Waals surface area contributed by atoms with Gasteiger partial charge in [0.05, 0.1) is 6.61 Å². The average molecular weight is 472 g/mol. The monoisotopic (exact) mass is 472 g/mol. The van der Waals surface area contributed by atoms with Gasteiger partial charge in [0.25, 0.3) is 11.8 Å². The number of amides is 1. The van der Waals surface area contributed by atoms with E-state index in [1.807, 2.05) is 60.7 Å². The number of ether oxygens (including phenoxy) is 1. The second-order valence-electron chi connectivity index (χ2n) is 8.19. The van der Waals surface area contributed by atoms with Crippen LogP contribution in [-0.2, 0) is 36.4 Å². The number of aliphatic carboxylic acids is 1. The minimum Gasteiger partial charge on any atom is -0.480 e. The van der Waals surface area contributed by atoms with E-state index in [9.17, 15) is 19.3 Å². The molecule has 3 rings (SSSR count). The van der Waals surface area contributed by atoms with Gasteiger partial charge in [0.15, 0.2) is 6.10 Å². The van der Waals surface area contributed by atoms with Crippen molar-refractivity contribution in [2.24, 2.45) is 0 Å². The lowest BCUT2D eigenvalue weighted by Crippen LogP contribution is -2.45. The number of carboxylic acid groups (broad SMARTS) is 1. The van der Waals surface area contributed by atoms with Crippen LogP contribution >= 0.6 is 8.03 Å². The van der Waals surface area contributed by atoms with Crippen LogP contribution in [0.5, 0.6) is 0 Å². The molecule has 7 nitrogen and oxygen atoms in total. The second-order valence-corrected chi connectivity index (χ2v) is 9.55. The average Bonchev–Trinajstić information content (AvgIpc) is 3.32. The first-order valence-electron chi connectivity index (χ1n) is 11.3. The molecule has 1 heterocycles. The van der Waals surface area contributed by atoms with Gasteiger partial charge in [-0.2, -0.15) is 0 Å². The van der Waals surface area contributed by atoms with Crippen molar-refractivity contribution in [3.8, 4) is 0 Å². The summed E-state index contributed by atoms with van der Waals surface area (Å²) in [6.45, 7) is 2.17. The summed E-state index contributed by atoms with van der Waals surface area (Å²) in [4.78, 5) is 25.5. The molecule has 1 fully saturated rings. The SMILES string of the molecule is CC(O[P+](=O)C(CCCc1ccccc1)OCc1ccccc1)C(=O)N1CCC[C@H]1C(=O)O. The van der Waals surface area contributed by atoms with Gasteiger partial charge in [0.1, 0.15) is 6.04 Å². The fraction of sp³-hybridized carbons (Fsp3) is 0.440. The number of likely N-dealkylation sites (tertiary alicyclic amines) is 1. The molecule has 8 heteroatoms. The van der Waals surface area contributed by atoms with Gasteiger partial charge in [0.2, 0.25) is 0 Å². The largest absolute Gasteiger partial charge is 0.541 e. The zero-order valence-electron chi connectivity index (χ0n) is 18.8. The number of carbonyl (C=O) groups is 2. The first-order valence-corrected chi connectivity index (χ1v) is 12.6. The molecule has 3 unspecified atom stereocenters. The van der Waals surface area contributed by atoms with Crippen LogP contribution < -0.4 is 0 Å². The normalized spacial score (nSPS) is 18.0. The Labute approximate surface area is 195 Å². The number of nitrogens with zero attached hydrogens (tertiary/aromatic N) is 1. The Bertz CT molecular complexity index is 923. The van der Waals surface area contributed by atoms with E-state index < -0.39 is 37.9 Å². The number of carbonyl (C=O) groups excluding carboxylic acids is 1. The molecule has 4 atom stereocenters. The van der Waals surface area contributed by atoms with Crippen molar-refractivity contribution in [3.05, 3.63) is 71.8 Å². The van der Waals surface area contributed by atoms with E-state index >= 15 is 0 Å². The molecule has 176 valence electrons. The summed E-state index contributed by atoms with van der Waals surface area (Å²) < 4.78 is 24.6. The third-order valence-electron chi connectivity index (χ3n) is 5.71. The maximum atomic E-state index is 13.1. The van der Waals surface area contributed by atoms with Crippen molar-refractivity contribution < 1.29 is 28.5 Å². The fourth-order valence-electron chi connectivity index (χ4n) is 3.93. The molecule has 0 aromatic heterocycles. The maximum Gasteiger partial charge on any atom is 0.541 e. The van der Waals surface area contributed by atoms with E-state index in [4.69, 9.17) is 9.26 Å². The van der Waals surface area contributed by atoms with E-state index in [1.165, 1.54) is 17.4 Å². The molecule has 1 N–H and O–H groups in total. The van der Waals surface area contributed by atoms with E-state index in [1.54, 1.807) is 0 Å². The lowest BCUT2D eigenvalue weighted by atomic mass is 10.1. The number of aryl methyl sites for hydroxylation is 1. The Morgan fingerprint density at radius 3 is 2.36 bits per heavy atom. The molecular weight excluding hydrogens is 441 g/mol. The van der Waals surface area contributed by atoms with Gasteiger partial charge in [0, 0.05) is 13.0 Å². The predicted molar refractivity (Wildman–Crippen MR) is 125 cm³/mol. The molecule has 0 spiro atoms. The molecule has 1 saturated heterocycles. The highest BCUT2D eigenvalue weighted by atomic mass is 31.1. The van der Waals surface area contributed by atoms with Gasteiger partial charge in [-0.15, -0.1) is 4.52 Å². The van der Waals surface area contributed by atoms with Crippen molar-refractivity contribution in [1.29, 1.82) is 0 Å². The van der Waals surface area contributed by atoms with Gasteiger partial charge in [-0.25, -0.2) is 4.79 Å². The van der Waals surface area contributed by atoms with Crippen molar-refractivity contribution in [1.82, 2.24) is 4.90 Å². The Balaban J connectivity index is 1.60. The first-order chi connectivity index (χ1) is 16.0. The molecule has 0 aliphatic carbocycles. The molecule has 2 aromatic carbocycles. The summed E-state index contributed by atoms with van der Waals surface area (Å²) >= 11 is 0. The molecule has 1 aliphatic heterocycles. The lowest BCUT2D eigenvalue weighted by Gasteiger charge is -2.22. The molecule has 33 heavy (non-hydrogen) atoms. The van der Waals surface area contributed by atoms with Crippen LogP contribution in [-0.4, -0.2) is 46.4 Å². The van der Waals surface area contributed by atoms with Gasteiger partial charge < -0.3 is 14.7 Å². The number of hydrogen-bond donors (Lipinski definition) is 1. The molecule has 2 aromatic rings. The van der Waals surface area contributed by atoms with Crippen LogP contribution in [0.1, 0.15) is 43.7 Å². The first kappa shape index (κ1) is 25.0. The van der Waals surface area contributed by atoms with Crippen LogP contribution in [0.2, 0.25) is 0 Å². The zero-order valence-corrected chi connectivity index (χ0v) is 19.7. The van der Waals surface area contributed by atoms with Crippen molar-refractivity contribution >= 4 is 19.9 Å². The lowest BCUT2D eigenvalue weighted by molar-refractivity contribution is -0.150. The van der Waals surface area contributed by atoms with Crippen LogP contribution in [0, 0.1) is 0 Å². The summed E-state index contributed by atoms with van der Waals surface area (Å²) in [6, 6.07) is 18.8. The van der Waals surface area contributed by atoms with Gasteiger partial charge in [-0.1, -0.05) is 60.7 Å². The molecular formula is C25H31NO6P+. The highest BCUT2D eigenvalue weighted by Crippen LogP contribution is 2.36. The topological polar surface area (TPSA) is 93.1 Å². The van der Waals surface area contributed by atoms with Crippen molar-refractivity contribution in [2.45, 2.75) is 63.6 Å². The molecule has 1 aliphatic rings. The fourth-order valence-corrected chi connectivity index (χ4v) is 5.06. The van der Waals surface area contributed by atoms with E-state index in [-0.39, 0.29) is 6.61 Å². The van der Waals surface area contributed by atoms with Crippen molar-refractivity contribution in [2.75, 3.05) is 6.54 Å². The Kier molecular flexibility index (Phi) is 9.55. The molecule has 1 amide bonds. The number of hydrogen-bond acceptors (Lipinski definition) is 5. The van der Waals surface area contributed by atoms with Crippen molar-refractivity contribution in [3.63, 3.8) is 0 Å². The Morgan fingerprint density at radius 1 is 1.09 bits per heavy atom. The third-order valence-corrected chi connectivity index (χ3v) is 7.11. The summed E-state index contributed by atoms with van der Waals surface area (Å²) in [6.07, 6.45) is 2.12. The molecule has 0 radical (unpaired) electrons. The maximum absolute atomic E-state index is 13.1. The number of rotatable bonds is 12. The third kappa shape index (κ3) is 7.46. The quantitative estimate of drug-likeness (QED) is 0.447. The van der Waals surface area contributed by atoms with E-state index in [0.717, 1.165) is 18.4 Å². The van der Waals surface area contributed by atoms with Gasteiger partial charge >= 0.3 is 14.0 Å². The highest BCUT2D eigenvalue weighted by Gasteiger charge is 2.42. The summed E-state index contributed by atoms with van der Waals surface area (Å²) in [7, 11) is -2.30. The zero-order chi connectivity index (χ0) is 23.6. The van der Waals surface area contributed by atoms with Crippen LogP contribution in [0.15, 0.2) is 60.7 Å². The van der Waals surface area contributed by atoms with E-state index in [0.29, 0.717) is 25.8 Å². The smallest absolute Gasteiger partial charge is 0.480 e. The summed E-state index contributed by atoms with van der Waals surface area (Å²) in [5.41, 5.74) is 2.15. The summed E-state index contributed by atoms with van der Waals surface area (Å²) in [5.74, 6) is -2.15. The van der Waals surface area contributed by atoms with Crippen LogP contribution in [0.3, 0.4) is 0 Å². The molecule has 0 bridgehead atoms. The van der Waals surface area contributed by atoms with Gasteiger partial charge in [-0.05, 0) is 48.3 Å². The Morgan fingerprint density at radius 2 is 1.73 bits per heavy atom. The van der Waals surface area contributed by atoms with Crippen LogP contribution in [0.25, 0.3) is 0 Å². The minimum atomic E-state index is -2.30. The number of carboxylic acids is 1. The number of benzene rings is 2. The predicted octanol–water partition coefficient (Wildman–Crippen LogP) is 4.78. The van der Waals surface area contributed by atoms with E-state index in [2.05, 4.69) is 0 Å². The standard InChI is InChI=1S/C25H30NO6P/c1-19(24(27)26-17-9-15-22(26)25(28)29)32-33(30)23(31-18-21-12-6-3-7-13-21)16-8-14-20-10-4-2-5-11-20/h2-7,10-13,19,22-23H,8-9,14-18H2,1H3/p+1/t19?,22-,23?/m0/s1. The highest BCUT2D eigenvalue weighted by molar-refractivity contribution is 7.39. The van der Waals surface area contributed by atoms with Crippen LogP contribution in [0.4, 0.5) is 0 Å². The molecule has 0 saturated carbocycles. The van der Waals surface area contributed by atoms with Gasteiger partial charge in [-0.3, -0.25) is 4.79 Å². The summed E-state index contributed by atoms with van der Waals surface area (Å²) in [5, 5.41) is 9.34. The Hall–Kier alpha value is -2.60.